The van der Waals surface area contributed by atoms with Crippen molar-refractivity contribution in [2.24, 2.45) is 11.0 Å². The van der Waals surface area contributed by atoms with Gasteiger partial charge in [-0.25, -0.2) is 9.82 Å². The van der Waals surface area contributed by atoms with Crippen LogP contribution < -0.4 is 32.5 Å². The van der Waals surface area contributed by atoms with Crippen molar-refractivity contribution in [3.05, 3.63) is 87.8 Å². The number of azide groups is 1. The summed E-state index contributed by atoms with van der Waals surface area (Å²) in [5.41, 5.74) is 12.8. The number of hydrazine groups is 1. The number of nitrogens with one attached hydrogen (secondary N) is 6. The number of para-hydroxylation sites is 1. The Bertz CT molecular complexity index is 1070. The Hall–Kier alpha value is -3.96. The minimum absolute atomic E-state index is 0.164. The third kappa shape index (κ3) is 5.80. The number of hydrogen-bond acceptors (Lipinski definition) is 8. The van der Waals surface area contributed by atoms with Gasteiger partial charge in [-0.1, -0.05) is 41.5 Å². The highest BCUT2D eigenvalue weighted by atomic mass is 19.1. The van der Waals surface area contributed by atoms with Crippen LogP contribution in [0.2, 0.25) is 0 Å². The number of nitrogens with two attached hydrogens (primary N) is 1. The van der Waals surface area contributed by atoms with E-state index in [9.17, 15) is 9.18 Å². The maximum absolute atomic E-state index is 14.0. The first-order valence-electron chi connectivity index (χ1n) is 9.68. The second kappa shape index (κ2) is 10.9. The highest BCUT2D eigenvalue weighted by molar-refractivity contribution is 6.06. The predicted octanol–water partition coefficient (Wildman–Crippen LogP) is 1.38. The summed E-state index contributed by atoms with van der Waals surface area (Å²) in [6, 6.07) is 13.6. The zero-order valence-electron chi connectivity index (χ0n) is 17.0. The monoisotopic (exact) mass is 438 g/mol. The van der Waals surface area contributed by atoms with Crippen LogP contribution in [0.4, 0.5) is 10.1 Å². The van der Waals surface area contributed by atoms with E-state index >= 15 is 0 Å². The van der Waals surface area contributed by atoms with Crippen molar-refractivity contribution in [3.8, 4) is 0 Å². The maximum Gasteiger partial charge on any atom is 0.231 e. The van der Waals surface area contributed by atoms with Gasteiger partial charge >= 0.3 is 0 Å². The van der Waals surface area contributed by atoms with Gasteiger partial charge in [-0.2, -0.15) is 0 Å². The molecule has 0 radical (unpaired) electrons. The Morgan fingerprint density at radius 2 is 2.00 bits per heavy atom. The van der Waals surface area contributed by atoms with Crippen LogP contribution in [0.1, 0.15) is 11.1 Å². The molecule has 2 unspecified atom stereocenters. The van der Waals surface area contributed by atoms with Gasteiger partial charge in [0.25, 0.3) is 0 Å². The largest absolute Gasteiger partial charge is 0.380 e. The Balaban J connectivity index is 1.75. The second-order valence-electron chi connectivity index (χ2n) is 6.81. The zero-order chi connectivity index (χ0) is 22.9. The van der Waals surface area contributed by atoms with Crippen molar-refractivity contribution >= 4 is 17.3 Å². The molecular formula is C20H23FN10O. The number of carbonyl (C=O) groups is 1. The number of hydrogen-bond donors (Lipinski definition) is 7. The van der Waals surface area contributed by atoms with Gasteiger partial charge in [-0.05, 0) is 23.7 Å². The molecule has 11 nitrogen and oxygen atoms in total. The van der Waals surface area contributed by atoms with E-state index in [0.29, 0.717) is 22.6 Å². The first-order chi connectivity index (χ1) is 15.5. The SMILES string of the molecule is [N-]=[N+]=NCC(=O)NC1=CC(NN)NC(C(=N)c2ccccc2NCc2ccccc2F)N1. The molecule has 1 amide bonds. The summed E-state index contributed by atoms with van der Waals surface area (Å²) in [7, 11) is 0. The molecular weight excluding hydrogens is 415 g/mol. The molecule has 0 aromatic heterocycles. The van der Waals surface area contributed by atoms with Crippen LogP contribution in [0.3, 0.4) is 0 Å². The third-order valence-electron chi connectivity index (χ3n) is 4.64. The molecule has 0 saturated heterocycles. The van der Waals surface area contributed by atoms with Gasteiger partial charge < -0.3 is 21.4 Å². The molecule has 1 aliphatic heterocycles. The molecule has 0 saturated carbocycles. The Kier molecular flexibility index (Phi) is 7.73. The maximum atomic E-state index is 14.0. The number of nitrogens with zero attached hydrogens (tertiary/aromatic N) is 3. The van der Waals surface area contributed by atoms with Crippen molar-refractivity contribution in [2.75, 3.05) is 11.9 Å². The molecule has 2 aromatic rings. The fourth-order valence-electron chi connectivity index (χ4n) is 3.11. The molecule has 0 spiro atoms. The number of anilines is 1. The Morgan fingerprint density at radius 3 is 2.75 bits per heavy atom. The molecule has 166 valence electrons. The van der Waals surface area contributed by atoms with E-state index < -0.39 is 18.2 Å². The molecule has 2 aromatic carbocycles. The lowest BCUT2D eigenvalue weighted by Crippen LogP contribution is -2.62. The van der Waals surface area contributed by atoms with E-state index in [2.05, 4.69) is 36.7 Å². The minimum Gasteiger partial charge on any atom is -0.380 e. The van der Waals surface area contributed by atoms with Crippen molar-refractivity contribution in [1.82, 2.24) is 21.4 Å². The fraction of sp³-hybridized carbons (Fsp3) is 0.200. The second-order valence-corrected chi connectivity index (χ2v) is 6.81. The molecule has 3 rings (SSSR count). The average Bonchev–Trinajstić information content (AvgIpc) is 2.81. The third-order valence-corrected chi connectivity index (χ3v) is 4.64. The lowest BCUT2D eigenvalue weighted by molar-refractivity contribution is -0.119. The molecule has 0 aliphatic carbocycles. The van der Waals surface area contributed by atoms with Gasteiger partial charge in [-0.3, -0.25) is 16.0 Å². The van der Waals surface area contributed by atoms with Crippen LogP contribution in [-0.4, -0.2) is 30.5 Å². The van der Waals surface area contributed by atoms with E-state index in [1.54, 1.807) is 42.5 Å². The molecule has 8 N–H and O–H groups in total. The van der Waals surface area contributed by atoms with Gasteiger partial charge in [0.2, 0.25) is 5.91 Å². The highest BCUT2D eigenvalue weighted by Gasteiger charge is 2.26. The van der Waals surface area contributed by atoms with E-state index in [1.807, 2.05) is 6.07 Å². The molecule has 1 aliphatic rings. The van der Waals surface area contributed by atoms with Crippen molar-refractivity contribution in [3.63, 3.8) is 0 Å². The van der Waals surface area contributed by atoms with Crippen molar-refractivity contribution in [2.45, 2.75) is 18.9 Å². The van der Waals surface area contributed by atoms with Crippen LogP contribution in [0.15, 0.2) is 65.5 Å². The van der Waals surface area contributed by atoms with Crippen LogP contribution in [0.25, 0.3) is 10.4 Å². The predicted molar refractivity (Wildman–Crippen MR) is 118 cm³/mol. The number of rotatable bonds is 9. The molecule has 12 heteroatoms. The summed E-state index contributed by atoms with van der Waals surface area (Å²) in [5, 5.41) is 23.8. The van der Waals surface area contributed by atoms with Gasteiger partial charge in [0, 0.05) is 28.3 Å². The number of benzene rings is 2. The number of amides is 1. The summed E-state index contributed by atoms with van der Waals surface area (Å²) in [4.78, 5) is 14.4. The van der Waals surface area contributed by atoms with Gasteiger partial charge in [0.05, 0.1) is 11.9 Å². The van der Waals surface area contributed by atoms with E-state index in [4.69, 9.17) is 16.8 Å². The molecule has 2 atom stereocenters. The lowest BCUT2D eigenvalue weighted by Gasteiger charge is -2.32. The first kappa shape index (κ1) is 22.7. The summed E-state index contributed by atoms with van der Waals surface area (Å²) in [6.07, 6.45) is 0.322. The number of carbonyl (C=O) groups excluding carboxylic acids is 1. The van der Waals surface area contributed by atoms with Crippen LogP contribution >= 0.6 is 0 Å². The summed E-state index contributed by atoms with van der Waals surface area (Å²) < 4.78 is 14.0. The Morgan fingerprint density at radius 1 is 1.25 bits per heavy atom. The summed E-state index contributed by atoms with van der Waals surface area (Å²) in [5.74, 6) is 5.02. The van der Waals surface area contributed by atoms with E-state index in [-0.39, 0.29) is 24.6 Å². The normalized spacial score (nSPS) is 17.4. The fourth-order valence-corrected chi connectivity index (χ4v) is 3.11. The van der Waals surface area contributed by atoms with Crippen LogP contribution in [0, 0.1) is 11.2 Å². The molecule has 1 heterocycles. The topological polar surface area (TPSA) is 176 Å². The highest BCUT2D eigenvalue weighted by Crippen LogP contribution is 2.19. The molecule has 0 bridgehead atoms. The van der Waals surface area contributed by atoms with E-state index in [1.165, 1.54) is 6.07 Å². The lowest BCUT2D eigenvalue weighted by atomic mass is 10.0. The molecule has 0 fully saturated rings. The smallest absolute Gasteiger partial charge is 0.231 e. The first-order valence-corrected chi connectivity index (χ1v) is 9.68. The van der Waals surface area contributed by atoms with Crippen molar-refractivity contribution < 1.29 is 9.18 Å². The van der Waals surface area contributed by atoms with Crippen LogP contribution in [0.5, 0.6) is 0 Å². The van der Waals surface area contributed by atoms with Gasteiger partial charge in [0.1, 0.15) is 24.3 Å². The van der Waals surface area contributed by atoms with E-state index in [0.717, 1.165) is 0 Å². The molecule has 32 heavy (non-hydrogen) atoms. The Labute approximate surface area is 183 Å². The minimum atomic E-state index is -0.716. The van der Waals surface area contributed by atoms with Gasteiger partial charge in [0.15, 0.2) is 0 Å². The quantitative estimate of drug-likeness (QED) is 0.0777. The standard InChI is InChI=1S/C20H23FN10O/c21-14-7-3-1-5-12(14)10-25-15-8-4-2-6-13(15)19(22)20-28-16(9-17(29-20)30-23)27-18(32)11-26-31-24/h1-9,17,20,22,25,28-30H,10-11,23H2,(H,27,32). The summed E-state index contributed by atoms with van der Waals surface area (Å²) >= 11 is 0. The average molecular weight is 438 g/mol. The van der Waals surface area contributed by atoms with Crippen LogP contribution in [-0.2, 0) is 11.3 Å². The van der Waals surface area contributed by atoms with Crippen molar-refractivity contribution in [1.29, 1.82) is 5.41 Å². The zero-order valence-corrected chi connectivity index (χ0v) is 17.0. The number of halogens is 1. The van der Waals surface area contributed by atoms with Gasteiger partial charge in [-0.15, -0.1) is 0 Å². The summed E-state index contributed by atoms with van der Waals surface area (Å²) in [6.45, 7) is -0.120.